The van der Waals surface area contributed by atoms with Crippen LogP contribution >= 0.6 is 0 Å². The van der Waals surface area contributed by atoms with Crippen molar-refractivity contribution in [3.63, 3.8) is 0 Å². The lowest BCUT2D eigenvalue weighted by Gasteiger charge is -2.10. The molecule has 0 bridgehead atoms. The molecule has 5 heteroatoms. The van der Waals surface area contributed by atoms with Crippen LogP contribution in [0.4, 0.5) is 18.9 Å². The highest BCUT2D eigenvalue weighted by Gasteiger charge is 2.29. The summed E-state index contributed by atoms with van der Waals surface area (Å²) in [4.78, 5) is 3.26. The van der Waals surface area contributed by atoms with Gasteiger partial charge in [-0.05, 0) is 53.8 Å². The van der Waals surface area contributed by atoms with Gasteiger partial charge in [-0.15, -0.1) is 0 Å². The Morgan fingerprint density at radius 3 is 2.23 bits per heavy atom. The van der Waals surface area contributed by atoms with E-state index < -0.39 is 11.7 Å². The predicted molar refractivity (Wildman–Crippen MR) is 116 cm³/mol. The molecule has 2 nitrogen and oxygen atoms in total. The molecule has 0 saturated carbocycles. The molecule has 0 aliphatic carbocycles. The van der Waals surface area contributed by atoms with Crippen molar-refractivity contribution in [3.05, 3.63) is 108 Å². The van der Waals surface area contributed by atoms with E-state index in [1.165, 1.54) is 0 Å². The number of hydrogen-bond donors (Lipinski definition) is 2. The van der Waals surface area contributed by atoms with Crippen molar-refractivity contribution < 1.29 is 13.2 Å². The van der Waals surface area contributed by atoms with Crippen molar-refractivity contribution in [2.45, 2.75) is 19.0 Å². The van der Waals surface area contributed by atoms with E-state index in [0.717, 1.165) is 57.5 Å². The average molecular weight is 406 g/mol. The minimum Gasteiger partial charge on any atom is -0.359 e. The summed E-state index contributed by atoms with van der Waals surface area (Å²) in [5.41, 5.74) is 5.17. The standard InChI is InChI=1S/C25H21F3N2/c1-17(20-5-3-2-4-6-20)30-24-16-29-23-14-11-19(15-22(23)24)8-7-18-9-12-21(13-10-18)25(26,27)28/h2-6,9-16,29-30H,1,7-8H2. The highest BCUT2D eigenvalue weighted by molar-refractivity contribution is 5.96. The van der Waals surface area contributed by atoms with E-state index in [2.05, 4.69) is 22.9 Å². The number of aromatic amines is 1. The van der Waals surface area contributed by atoms with Crippen LogP contribution in [0.15, 0.2) is 85.6 Å². The third-order valence-electron chi connectivity index (χ3n) is 5.14. The summed E-state index contributed by atoms with van der Waals surface area (Å²) in [5, 5.41) is 4.42. The average Bonchev–Trinajstić information content (AvgIpc) is 3.14. The number of hydrogen-bond acceptors (Lipinski definition) is 1. The number of benzene rings is 3. The van der Waals surface area contributed by atoms with Gasteiger partial charge < -0.3 is 10.3 Å². The maximum atomic E-state index is 12.7. The van der Waals surface area contributed by atoms with Gasteiger partial charge in [0.1, 0.15) is 0 Å². The van der Waals surface area contributed by atoms with Gasteiger partial charge in [-0.1, -0.05) is 55.1 Å². The summed E-state index contributed by atoms with van der Waals surface area (Å²) in [7, 11) is 0. The van der Waals surface area contributed by atoms with Gasteiger partial charge in [-0.2, -0.15) is 13.2 Å². The Morgan fingerprint density at radius 1 is 0.867 bits per heavy atom. The van der Waals surface area contributed by atoms with Gasteiger partial charge in [0, 0.05) is 22.8 Å². The Kier molecular flexibility index (Phi) is 5.36. The van der Waals surface area contributed by atoms with Crippen molar-refractivity contribution in [3.8, 4) is 0 Å². The van der Waals surface area contributed by atoms with Crippen LogP contribution in [0.3, 0.4) is 0 Å². The Morgan fingerprint density at radius 2 is 1.53 bits per heavy atom. The number of anilines is 1. The zero-order chi connectivity index (χ0) is 21.1. The van der Waals surface area contributed by atoms with E-state index in [-0.39, 0.29) is 0 Å². The van der Waals surface area contributed by atoms with E-state index in [1.54, 1.807) is 12.1 Å². The summed E-state index contributed by atoms with van der Waals surface area (Å²) >= 11 is 0. The van der Waals surface area contributed by atoms with E-state index in [1.807, 2.05) is 48.7 Å². The summed E-state index contributed by atoms with van der Waals surface area (Å²) < 4.78 is 38.1. The molecule has 0 aliphatic rings. The maximum absolute atomic E-state index is 12.7. The number of aromatic nitrogens is 1. The monoisotopic (exact) mass is 406 g/mol. The molecule has 0 amide bonds. The molecule has 4 aromatic rings. The second-order valence-electron chi connectivity index (χ2n) is 7.25. The molecule has 152 valence electrons. The van der Waals surface area contributed by atoms with Crippen LogP contribution in [0.2, 0.25) is 0 Å². The molecule has 0 saturated heterocycles. The highest BCUT2D eigenvalue weighted by Crippen LogP contribution is 2.30. The number of H-pyrrole nitrogens is 1. The molecule has 30 heavy (non-hydrogen) atoms. The fourth-order valence-electron chi connectivity index (χ4n) is 3.45. The summed E-state index contributed by atoms with van der Waals surface area (Å²) in [6.07, 6.45) is -0.970. The fraction of sp³-hybridized carbons (Fsp3) is 0.120. The van der Waals surface area contributed by atoms with Crippen LogP contribution in [-0.4, -0.2) is 4.98 Å². The van der Waals surface area contributed by atoms with Gasteiger partial charge in [0.2, 0.25) is 0 Å². The van der Waals surface area contributed by atoms with E-state index in [0.29, 0.717) is 6.42 Å². The second-order valence-corrected chi connectivity index (χ2v) is 7.25. The Labute approximate surface area is 173 Å². The van der Waals surface area contributed by atoms with Crippen LogP contribution in [0, 0.1) is 0 Å². The van der Waals surface area contributed by atoms with Crippen molar-refractivity contribution in [1.29, 1.82) is 0 Å². The largest absolute Gasteiger partial charge is 0.416 e. The van der Waals surface area contributed by atoms with Crippen LogP contribution in [0.25, 0.3) is 16.6 Å². The highest BCUT2D eigenvalue weighted by atomic mass is 19.4. The van der Waals surface area contributed by atoms with Crippen LogP contribution in [0.1, 0.15) is 22.3 Å². The predicted octanol–water partition coefficient (Wildman–Crippen LogP) is 7.05. The first-order valence-corrected chi connectivity index (χ1v) is 9.68. The lowest BCUT2D eigenvalue weighted by atomic mass is 10.0. The van der Waals surface area contributed by atoms with Crippen molar-refractivity contribution in [2.75, 3.05) is 5.32 Å². The van der Waals surface area contributed by atoms with Gasteiger partial charge >= 0.3 is 6.18 Å². The van der Waals surface area contributed by atoms with Gasteiger partial charge in [0.25, 0.3) is 0 Å². The third kappa shape index (κ3) is 4.40. The van der Waals surface area contributed by atoms with E-state index >= 15 is 0 Å². The molecule has 4 rings (SSSR count). The molecule has 0 spiro atoms. The smallest absolute Gasteiger partial charge is 0.359 e. The van der Waals surface area contributed by atoms with Crippen LogP contribution in [-0.2, 0) is 19.0 Å². The Balaban J connectivity index is 1.48. The SMILES string of the molecule is C=C(Nc1c[nH]c2ccc(CCc3ccc(C(F)(F)F)cc3)cc12)c1ccccc1. The van der Waals surface area contributed by atoms with Gasteiger partial charge in [0.15, 0.2) is 0 Å². The number of alkyl halides is 3. The molecule has 1 aromatic heterocycles. The molecule has 3 aromatic carbocycles. The number of rotatable bonds is 6. The third-order valence-corrected chi connectivity index (χ3v) is 5.14. The molecule has 0 radical (unpaired) electrons. The normalized spacial score (nSPS) is 11.6. The maximum Gasteiger partial charge on any atom is 0.416 e. The van der Waals surface area contributed by atoms with Crippen LogP contribution < -0.4 is 5.32 Å². The van der Waals surface area contributed by atoms with E-state index in [4.69, 9.17) is 0 Å². The van der Waals surface area contributed by atoms with Crippen LogP contribution in [0.5, 0.6) is 0 Å². The van der Waals surface area contributed by atoms with Gasteiger partial charge in [-0.3, -0.25) is 0 Å². The molecule has 0 aliphatic heterocycles. The molecule has 0 atom stereocenters. The number of nitrogens with one attached hydrogen (secondary N) is 2. The zero-order valence-corrected chi connectivity index (χ0v) is 16.3. The first kappa shape index (κ1) is 19.8. The Hall–Kier alpha value is -3.47. The number of aryl methyl sites for hydroxylation is 2. The van der Waals surface area contributed by atoms with Crippen molar-refractivity contribution in [2.24, 2.45) is 0 Å². The summed E-state index contributed by atoms with van der Waals surface area (Å²) in [6, 6.07) is 21.5. The quantitative estimate of drug-likeness (QED) is 0.353. The second kappa shape index (κ2) is 8.11. The zero-order valence-electron chi connectivity index (χ0n) is 16.3. The number of halogens is 3. The summed E-state index contributed by atoms with van der Waals surface area (Å²) in [6.45, 7) is 4.12. The van der Waals surface area contributed by atoms with E-state index in [9.17, 15) is 13.2 Å². The Bertz CT molecular complexity index is 1160. The fourth-order valence-corrected chi connectivity index (χ4v) is 3.45. The molecular weight excluding hydrogens is 385 g/mol. The summed E-state index contributed by atoms with van der Waals surface area (Å²) in [5.74, 6) is 0. The van der Waals surface area contributed by atoms with Gasteiger partial charge in [0.05, 0.1) is 11.3 Å². The first-order chi connectivity index (χ1) is 14.4. The molecule has 0 unspecified atom stereocenters. The first-order valence-electron chi connectivity index (χ1n) is 9.68. The topological polar surface area (TPSA) is 27.8 Å². The lowest BCUT2D eigenvalue weighted by molar-refractivity contribution is -0.137. The molecule has 0 fully saturated rings. The lowest BCUT2D eigenvalue weighted by Crippen LogP contribution is -2.04. The molecule has 1 heterocycles. The molecule has 2 N–H and O–H groups in total. The van der Waals surface area contributed by atoms with Crippen molar-refractivity contribution >= 4 is 22.3 Å². The van der Waals surface area contributed by atoms with Gasteiger partial charge in [-0.25, -0.2) is 0 Å². The minimum absolute atomic E-state index is 0.616. The number of fused-ring (bicyclic) bond motifs is 1. The molecular formula is C25H21F3N2. The van der Waals surface area contributed by atoms with Crippen molar-refractivity contribution in [1.82, 2.24) is 4.98 Å². The minimum atomic E-state index is -4.30.